The van der Waals surface area contributed by atoms with E-state index in [9.17, 15) is 15.4 Å². The number of pyridine rings is 1. The minimum atomic E-state index is -0.522. The van der Waals surface area contributed by atoms with E-state index in [0.29, 0.717) is 16.8 Å². The number of rotatable bonds is 3. The maximum atomic E-state index is 11.1. The van der Waals surface area contributed by atoms with E-state index in [-0.39, 0.29) is 22.1 Å². The molecule has 0 saturated carbocycles. The Morgan fingerprint density at radius 2 is 1.96 bits per heavy atom. The number of hydrogen-bond acceptors (Lipinski definition) is 5. The molecule has 26 heavy (non-hydrogen) atoms. The molecule has 0 aliphatic heterocycles. The zero-order chi connectivity index (χ0) is 18.8. The molecule has 1 heterocycles. The summed E-state index contributed by atoms with van der Waals surface area (Å²) in [7, 11) is 0. The molecule has 3 rings (SSSR count). The molecule has 0 spiro atoms. The fourth-order valence-corrected chi connectivity index (χ4v) is 3.14. The zero-order valence-corrected chi connectivity index (χ0v) is 15.5. The van der Waals surface area contributed by atoms with Crippen LogP contribution in [0.15, 0.2) is 53.0 Å². The van der Waals surface area contributed by atoms with Crippen molar-refractivity contribution in [3.05, 3.63) is 73.7 Å². The van der Waals surface area contributed by atoms with Crippen molar-refractivity contribution in [2.45, 2.75) is 0 Å². The first-order valence-electron chi connectivity index (χ1n) is 7.31. The minimum absolute atomic E-state index is 0.0301. The van der Waals surface area contributed by atoms with E-state index in [4.69, 9.17) is 17.3 Å². The van der Waals surface area contributed by atoms with Gasteiger partial charge in [0.2, 0.25) is 0 Å². The van der Waals surface area contributed by atoms with Gasteiger partial charge in [0.05, 0.1) is 10.6 Å². The van der Waals surface area contributed by atoms with Crippen LogP contribution in [0, 0.1) is 21.4 Å². The third-order valence-electron chi connectivity index (χ3n) is 3.73. The lowest BCUT2D eigenvalue weighted by Gasteiger charge is -2.11. The summed E-state index contributed by atoms with van der Waals surface area (Å²) in [6.07, 6.45) is 0. The van der Waals surface area contributed by atoms with Crippen LogP contribution in [0.4, 0.5) is 11.5 Å². The van der Waals surface area contributed by atoms with Crippen molar-refractivity contribution in [1.82, 2.24) is 4.98 Å². The van der Waals surface area contributed by atoms with E-state index < -0.39 is 4.92 Å². The van der Waals surface area contributed by atoms with Gasteiger partial charge < -0.3 is 5.73 Å². The second-order valence-corrected chi connectivity index (χ2v) is 6.68. The number of benzene rings is 2. The third-order valence-corrected chi connectivity index (χ3v) is 4.55. The third kappa shape index (κ3) is 3.38. The lowest BCUT2D eigenvalue weighted by Crippen LogP contribution is -2.00. The largest absolute Gasteiger partial charge is 0.383 e. The molecule has 128 valence electrons. The van der Waals surface area contributed by atoms with E-state index in [1.165, 1.54) is 18.2 Å². The van der Waals surface area contributed by atoms with Crippen LogP contribution in [-0.2, 0) is 0 Å². The van der Waals surface area contributed by atoms with Crippen molar-refractivity contribution in [3.8, 4) is 28.5 Å². The van der Waals surface area contributed by atoms with E-state index in [1.54, 1.807) is 6.07 Å². The Hall–Kier alpha value is -2.95. The summed E-state index contributed by atoms with van der Waals surface area (Å²) in [4.78, 5) is 14.9. The normalized spacial score (nSPS) is 10.3. The molecule has 6 nitrogen and oxygen atoms in total. The van der Waals surface area contributed by atoms with Crippen molar-refractivity contribution < 1.29 is 4.92 Å². The van der Waals surface area contributed by atoms with Crippen molar-refractivity contribution in [1.29, 1.82) is 5.26 Å². The molecule has 0 amide bonds. The van der Waals surface area contributed by atoms with Gasteiger partial charge in [-0.2, -0.15) is 5.26 Å². The number of hydrogen-bond donors (Lipinski definition) is 1. The highest BCUT2D eigenvalue weighted by Gasteiger charge is 2.18. The Balaban J connectivity index is 2.29. The van der Waals surface area contributed by atoms with Crippen LogP contribution < -0.4 is 5.73 Å². The molecular formula is C18H10BrClN4O2. The lowest BCUT2D eigenvalue weighted by molar-refractivity contribution is -0.384. The second-order valence-electron chi connectivity index (χ2n) is 5.36. The van der Waals surface area contributed by atoms with Gasteiger partial charge in [0, 0.05) is 38.3 Å². The fraction of sp³-hybridized carbons (Fsp3) is 0. The molecule has 0 aliphatic carbocycles. The predicted octanol–water partition coefficient (Wildman–Crippen LogP) is 5.19. The van der Waals surface area contributed by atoms with E-state index in [0.717, 1.165) is 10.0 Å². The topological polar surface area (TPSA) is 106 Å². The highest BCUT2D eigenvalue weighted by Crippen LogP contribution is 2.37. The first kappa shape index (κ1) is 17.9. The molecule has 2 aromatic carbocycles. The van der Waals surface area contributed by atoms with Gasteiger partial charge >= 0.3 is 0 Å². The maximum Gasteiger partial charge on any atom is 0.270 e. The molecule has 0 unspecified atom stereocenters. The molecule has 0 aliphatic rings. The summed E-state index contributed by atoms with van der Waals surface area (Å²) in [5, 5.41) is 20.9. The van der Waals surface area contributed by atoms with Crippen LogP contribution in [0.25, 0.3) is 22.4 Å². The SMILES string of the molecule is N#Cc1c(-c2cc([N+](=O)[O-])ccc2Cl)cc(-c2cccc(Br)c2)nc1N. The molecule has 0 radical (unpaired) electrons. The summed E-state index contributed by atoms with van der Waals surface area (Å²) in [6, 6.07) is 15.1. The molecule has 0 bridgehead atoms. The number of nitrogen functional groups attached to an aromatic ring is 1. The number of nitro groups is 1. The number of nitro benzene ring substituents is 1. The van der Waals surface area contributed by atoms with Crippen LogP contribution in [-0.4, -0.2) is 9.91 Å². The van der Waals surface area contributed by atoms with Crippen LogP contribution in [0.5, 0.6) is 0 Å². The summed E-state index contributed by atoms with van der Waals surface area (Å²) in [6.45, 7) is 0. The Morgan fingerprint density at radius 1 is 1.19 bits per heavy atom. The average Bonchev–Trinajstić information content (AvgIpc) is 2.61. The number of non-ortho nitro benzene ring substituents is 1. The van der Waals surface area contributed by atoms with Gasteiger partial charge in [-0.15, -0.1) is 0 Å². The van der Waals surface area contributed by atoms with Crippen LogP contribution in [0.2, 0.25) is 5.02 Å². The van der Waals surface area contributed by atoms with Gasteiger partial charge in [-0.1, -0.05) is 39.7 Å². The molecule has 0 atom stereocenters. The summed E-state index contributed by atoms with van der Waals surface area (Å²) in [5.74, 6) is 0.0301. The highest BCUT2D eigenvalue weighted by molar-refractivity contribution is 9.10. The Bertz CT molecular complexity index is 1080. The van der Waals surface area contributed by atoms with Gasteiger partial charge in [0.15, 0.2) is 0 Å². The number of halogens is 2. The average molecular weight is 430 g/mol. The lowest BCUT2D eigenvalue weighted by atomic mass is 9.98. The van der Waals surface area contributed by atoms with Crippen LogP contribution >= 0.6 is 27.5 Å². The first-order chi connectivity index (χ1) is 12.4. The van der Waals surface area contributed by atoms with Crippen molar-refractivity contribution in [3.63, 3.8) is 0 Å². The van der Waals surface area contributed by atoms with Gasteiger partial charge in [0.25, 0.3) is 5.69 Å². The zero-order valence-electron chi connectivity index (χ0n) is 13.1. The first-order valence-corrected chi connectivity index (χ1v) is 8.48. The number of aromatic nitrogens is 1. The fourth-order valence-electron chi connectivity index (χ4n) is 2.52. The van der Waals surface area contributed by atoms with Gasteiger partial charge in [0.1, 0.15) is 17.5 Å². The number of nitrogens with zero attached hydrogens (tertiary/aromatic N) is 3. The second kappa shape index (κ2) is 7.12. The number of anilines is 1. The van der Waals surface area contributed by atoms with Crippen molar-refractivity contribution >= 4 is 39.0 Å². The summed E-state index contributed by atoms with van der Waals surface area (Å²) in [5.41, 5.74) is 8.00. The standard InChI is InChI=1S/C18H10BrClN4O2/c19-11-3-1-2-10(6-11)17-8-13(15(9-21)18(22)23-17)14-7-12(24(25)26)4-5-16(14)20/h1-8H,(H2,22,23). The van der Waals surface area contributed by atoms with E-state index >= 15 is 0 Å². The molecule has 0 saturated heterocycles. The Morgan fingerprint density at radius 3 is 2.62 bits per heavy atom. The van der Waals surface area contributed by atoms with E-state index in [1.807, 2.05) is 30.3 Å². The number of nitrogens with two attached hydrogens (primary N) is 1. The molecule has 1 aromatic heterocycles. The smallest absolute Gasteiger partial charge is 0.270 e. The minimum Gasteiger partial charge on any atom is -0.383 e. The van der Waals surface area contributed by atoms with Gasteiger partial charge in [-0.3, -0.25) is 10.1 Å². The molecular weight excluding hydrogens is 420 g/mol. The summed E-state index contributed by atoms with van der Waals surface area (Å²) >= 11 is 9.64. The van der Waals surface area contributed by atoms with Gasteiger partial charge in [-0.25, -0.2) is 4.98 Å². The molecule has 8 heteroatoms. The van der Waals surface area contributed by atoms with Crippen molar-refractivity contribution in [2.24, 2.45) is 0 Å². The molecule has 3 aromatic rings. The summed E-state index contributed by atoms with van der Waals surface area (Å²) < 4.78 is 0.856. The van der Waals surface area contributed by atoms with Gasteiger partial charge in [-0.05, 0) is 24.3 Å². The quantitative estimate of drug-likeness (QED) is 0.455. The Labute approximate surface area is 162 Å². The highest BCUT2D eigenvalue weighted by atomic mass is 79.9. The predicted molar refractivity (Wildman–Crippen MR) is 104 cm³/mol. The Kier molecular flexibility index (Phi) is 4.89. The van der Waals surface area contributed by atoms with Crippen LogP contribution in [0.1, 0.15) is 5.56 Å². The van der Waals surface area contributed by atoms with E-state index in [2.05, 4.69) is 20.9 Å². The maximum absolute atomic E-state index is 11.1. The monoisotopic (exact) mass is 428 g/mol. The van der Waals surface area contributed by atoms with Crippen LogP contribution in [0.3, 0.4) is 0 Å². The molecule has 0 fully saturated rings. The number of nitriles is 1. The van der Waals surface area contributed by atoms with Crippen molar-refractivity contribution in [2.75, 3.05) is 5.73 Å². The molecule has 2 N–H and O–H groups in total.